The van der Waals surface area contributed by atoms with Gasteiger partial charge >= 0.3 is 5.97 Å². The van der Waals surface area contributed by atoms with Crippen molar-refractivity contribution in [2.75, 3.05) is 39.6 Å². The highest BCUT2D eigenvalue weighted by molar-refractivity contribution is 5.94. The molecular weight excluding hydrogens is 688 g/mol. The summed E-state index contributed by atoms with van der Waals surface area (Å²) in [6.07, 6.45) is -9.57. The van der Waals surface area contributed by atoms with Crippen LogP contribution in [0.5, 0.6) is 0 Å². The van der Waals surface area contributed by atoms with E-state index in [9.17, 15) is 44.7 Å². The second-order valence-corrected chi connectivity index (χ2v) is 12.3. The van der Waals surface area contributed by atoms with Gasteiger partial charge in [0.25, 0.3) is 11.8 Å². The summed E-state index contributed by atoms with van der Waals surface area (Å²) >= 11 is 0. The van der Waals surface area contributed by atoms with E-state index in [0.29, 0.717) is 24.3 Å². The molecule has 20 nitrogen and oxygen atoms in total. The molecule has 9 N–H and O–H groups in total. The molecule has 9 unspecified atom stereocenters. The molecule has 20 heteroatoms. The zero-order chi connectivity index (χ0) is 38.1. The molecule has 296 valence electrons. The summed E-state index contributed by atoms with van der Waals surface area (Å²) in [4.78, 5) is 51.8. The summed E-state index contributed by atoms with van der Waals surface area (Å²) in [5.74, 6) is -2.36. The topological polar surface area (TPSA) is 301 Å². The van der Waals surface area contributed by atoms with Crippen LogP contribution < -0.4 is 5.32 Å². The van der Waals surface area contributed by atoms with Gasteiger partial charge in [-0.3, -0.25) is 14.4 Å². The van der Waals surface area contributed by atoms with Crippen LogP contribution in [0.25, 0.3) is 0 Å². The number of hydroxylamine groups is 2. The Kier molecular flexibility index (Phi) is 20.4. The average Bonchev–Trinajstić information content (AvgIpc) is 3.12. The van der Waals surface area contributed by atoms with E-state index in [2.05, 4.69) is 5.32 Å². The van der Waals surface area contributed by atoms with Crippen molar-refractivity contribution in [3.63, 3.8) is 0 Å². The number of nitrogens with zero attached hydrogens (tertiary/aromatic N) is 1. The maximum Gasteiger partial charge on any atom is 0.333 e. The quantitative estimate of drug-likeness (QED) is 0.0572. The van der Waals surface area contributed by atoms with Gasteiger partial charge < -0.3 is 74.7 Å². The van der Waals surface area contributed by atoms with Crippen molar-refractivity contribution in [2.24, 2.45) is 0 Å². The zero-order valence-corrected chi connectivity index (χ0v) is 28.9. The molecular formula is C31H54N2O18. The molecule has 3 amide bonds. The summed E-state index contributed by atoms with van der Waals surface area (Å²) in [5, 5.41) is 78.7. The second kappa shape index (κ2) is 23.3. The van der Waals surface area contributed by atoms with Crippen molar-refractivity contribution < 1.29 is 88.6 Å². The van der Waals surface area contributed by atoms with Crippen LogP contribution in [0.2, 0.25) is 0 Å². The minimum atomic E-state index is -1.59. The number of ether oxygens (including phenoxy) is 5. The molecule has 0 spiro atoms. The van der Waals surface area contributed by atoms with Gasteiger partial charge in [-0.15, -0.1) is 5.06 Å². The summed E-state index contributed by atoms with van der Waals surface area (Å²) in [6.45, 7) is 1.95. The molecule has 0 saturated carbocycles. The minimum Gasteiger partial charge on any atom is -0.394 e. The first-order valence-electron chi connectivity index (χ1n) is 17.0. The molecule has 51 heavy (non-hydrogen) atoms. The average molecular weight is 743 g/mol. The lowest BCUT2D eigenvalue weighted by Crippen LogP contribution is -2.60. The number of hydrogen-bond donors (Lipinski definition) is 9. The SMILES string of the molecule is CCC(=O)N(OC(=O)CCCCC(=O)NCCOC1CC(O[C@H]2OC(CO)[C@@H](O)C(O)C2O)CC(CO)O1)C(C)=O.OCC1CC(O)C(O)CO1. The van der Waals surface area contributed by atoms with E-state index in [0.717, 1.165) is 6.92 Å². The van der Waals surface area contributed by atoms with Crippen LogP contribution in [0.1, 0.15) is 65.2 Å². The molecule has 3 aliphatic rings. The fraction of sp³-hybridized carbons (Fsp3) is 0.871. The Morgan fingerprint density at radius 1 is 0.824 bits per heavy atom. The van der Waals surface area contributed by atoms with E-state index in [1.54, 1.807) is 0 Å². The first-order valence-corrected chi connectivity index (χ1v) is 17.0. The van der Waals surface area contributed by atoms with Crippen LogP contribution in [0.3, 0.4) is 0 Å². The fourth-order valence-electron chi connectivity index (χ4n) is 5.21. The predicted octanol–water partition coefficient (Wildman–Crippen LogP) is -3.91. The number of amides is 3. The normalized spacial score (nSPS) is 32.2. The van der Waals surface area contributed by atoms with E-state index in [4.69, 9.17) is 43.8 Å². The highest BCUT2D eigenvalue weighted by Gasteiger charge is 2.45. The Balaban J connectivity index is 0.000000770. The van der Waals surface area contributed by atoms with Crippen molar-refractivity contribution in [3.05, 3.63) is 0 Å². The number of aliphatic hydroxyl groups excluding tert-OH is 8. The number of rotatable bonds is 15. The summed E-state index contributed by atoms with van der Waals surface area (Å²) < 4.78 is 27.4. The highest BCUT2D eigenvalue weighted by Crippen LogP contribution is 2.28. The number of aliphatic hydroxyl groups is 8. The fourth-order valence-corrected chi connectivity index (χ4v) is 5.21. The van der Waals surface area contributed by atoms with Crippen LogP contribution in [0.15, 0.2) is 0 Å². The predicted molar refractivity (Wildman–Crippen MR) is 168 cm³/mol. The molecule has 0 bridgehead atoms. The summed E-state index contributed by atoms with van der Waals surface area (Å²) in [7, 11) is 0. The second-order valence-electron chi connectivity index (χ2n) is 12.3. The van der Waals surface area contributed by atoms with Gasteiger partial charge in [-0.05, 0) is 12.8 Å². The number of hydrogen-bond acceptors (Lipinski definition) is 18. The third kappa shape index (κ3) is 15.2. The van der Waals surface area contributed by atoms with E-state index < -0.39 is 85.8 Å². The Morgan fingerprint density at radius 3 is 2.12 bits per heavy atom. The molecule has 3 aliphatic heterocycles. The standard InChI is InChI=1S/C25H42N2O14.C6H12O4/c1-3-19(32)27(14(2)30)41-20(33)7-5-4-6-18(31)26-8-9-37-21-11-15(10-16(12-28)38-21)39-25-24(36)23(35)22(34)17(13-29)40-25;7-2-4-1-5(8)6(9)3-10-4/h15-17,21-25,28-29,34-36H,3-13H2,1-2H3,(H,26,31);4-9H,1-3H2/t15?,16?,17?,21?,22-,23?,24?,25+;/m1./s1. The van der Waals surface area contributed by atoms with Gasteiger partial charge in [0.2, 0.25) is 5.91 Å². The van der Waals surface area contributed by atoms with Gasteiger partial charge in [-0.1, -0.05) is 6.92 Å². The third-order valence-corrected chi connectivity index (χ3v) is 8.13. The number of carbonyl (C=O) groups is 4. The molecule has 0 aromatic rings. The minimum absolute atomic E-state index is 0.00212. The van der Waals surface area contributed by atoms with Gasteiger partial charge in [0.1, 0.15) is 30.5 Å². The first kappa shape index (κ1) is 44.7. The molecule has 0 aliphatic carbocycles. The van der Waals surface area contributed by atoms with Crippen molar-refractivity contribution in [1.29, 1.82) is 0 Å². The largest absolute Gasteiger partial charge is 0.394 e. The molecule has 0 radical (unpaired) electrons. The molecule has 0 aromatic carbocycles. The maximum absolute atomic E-state index is 12.1. The Labute approximate surface area is 295 Å². The van der Waals surface area contributed by atoms with Crippen molar-refractivity contribution in [3.8, 4) is 0 Å². The van der Waals surface area contributed by atoms with Crippen LogP contribution in [0.4, 0.5) is 0 Å². The zero-order valence-electron chi connectivity index (χ0n) is 28.9. The van der Waals surface area contributed by atoms with Gasteiger partial charge in [-0.25, -0.2) is 4.79 Å². The van der Waals surface area contributed by atoms with Crippen molar-refractivity contribution in [2.45, 2.75) is 133 Å². The number of unbranched alkanes of at least 4 members (excludes halogenated alkanes) is 1. The number of nitrogens with one attached hydrogen (secondary N) is 1. The van der Waals surface area contributed by atoms with E-state index in [-0.39, 0.29) is 77.1 Å². The molecule has 0 aromatic heterocycles. The summed E-state index contributed by atoms with van der Waals surface area (Å²) in [5.41, 5.74) is 0. The lowest BCUT2D eigenvalue weighted by molar-refractivity contribution is -0.325. The smallest absolute Gasteiger partial charge is 0.333 e. The van der Waals surface area contributed by atoms with E-state index in [1.807, 2.05) is 0 Å². The molecule has 3 fully saturated rings. The van der Waals surface area contributed by atoms with E-state index >= 15 is 0 Å². The highest BCUT2D eigenvalue weighted by atomic mass is 16.7. The monoisotopic (exact) mass is 742 g/mol. The van der Waals surface area contributed by atoms with Gasteiger partial charge in [0.05, 0.1) is 57.5 Å². The van der Waals surface area contributed by atoms with Crippen LogP contribution >= 0.6 is 0 Å². The van der Waals surface area contributed by atoms with Crippen LogP contribution in [-0.2, 0) is 47.7 Å². The number of carbonyl (C=O) groups excluding carboxylic acids is 4. The lowest BCUT2D eigenvalue weighted by Gasteiger charge is -2.42. The van der Waals surface area contributed by atoms with E-state index in [1.165, 1.54) is 6.92 Å². The molecule has 3 heterocycles. The first-order chi connectivity index (χ1) is 24.2. The molecule has 3 rings (SSSR count). The summed E-state index contributed by atoms with van der Waals surface area (Å²) in [6, 6.07) is 0. The van der Waals surface area contributed by atoms with Crippen LogP contribution in [-0.4, -0.2) is 177 Å². The van der Waals surface area contributed by atoms with Crippen LogP contribution in [0, 0.1) is 0 Å². The lowest BCUT2D eigenvalue weighted by atomic mass is 9.99. The molecule has 3 saturated heterocycles. The maximum atomic E-state index is 12.1. The third-order valence-electron chi connectivity index (χ3n) is 8.13. The molecule has 11 atom stereocenters. The Bertz CT molecular complexity index is 1070. The van der Waals surface area contributed by atoms with Gasteiger partial charge in [-0.2, -0.15) is 0 Å². The Hall–Kier alpha value is -2.44. The Morgan fingerprint density at radius 2 is 1.51 bits per heavy atom. The van der Waals surface area contributed by atoms with Gasteiger partial charge in [0.15, 0.2) is 12.6 Å². The van der Waals surface area contributed by atoms with Crippen molar-refractivity contribution >= 4 is 23.7 Å². The van der Waals surface area contributed by atoms with Crippen molar-refractivity contribution in [1.82, 2.24) is 10.4 Å². The van der Waals surface area contributed by atoms with Gasteiger partial charge in [0, 0.05) is 52.0 Å². The number of imide groups is 1.